The number of hydrogen-bond donors (Lipinski definition) is 1. The number of rotatable bonds is 6. The maximum absolute atomic E-state index is 13.5. The molecule has 30 heavy (non-hydrogen) atoms. The maximum Gasteiger partial charge on any atom is 0.264 e. The third-order valence-electron chi connectivity index (χ3n) is 4.66. The summed E-state index contributed by atoms with van der Waals surface area (Å²) >= 11 is 5.88. The van der Waals surface area contributed by atoms with Crippen LogP contribution >= 0.6 is 11.6 Å². The molecular weight excluding hydrogens is 420 g/mol. The Labute approximate surface area is 182 Å². The number of carbonyl (C=O) groups is 1. The number of benzene rings is 3. The van der Waals surface area contributed by atoms with E-state index < -0.39 is 15.9 Å². The van der Waals surface area contributed by atoms with Crippen molar-refractivity contribution >= 4 is 38.9 Å². The fourth-order valence-electron chi connectivity index (χ4n) is 2.99. The van der Waals surface area contributed by atoms with Crippen LogP contribution in [0.15, 0.2) is 71.6 Å². The first-order valence-corrected chi connectivity index (χ1v) is 11.2. The predicted molar refractivity (Wildman–Crippen MR) is 122 cm³/mol. The number of hydrogen-bond acceptors (Lipinski definition) is 3. The zero-order valence-electron chi connectivity index (χ0n) is 17.0. The van der Waals surface area contributed by atoms with E-state index in [9.17, 15) is 13.2 Å². The van der Waals surface area contributed by atoms with Gasteiger partial charge in [-0.3, -0.25) is 9.10 Å². The second kappa shape index (κ2) is 8.90. The number of sulfonamides is 1. The second-order valence-electron chi connectivity index (χ2n) is 7.17. The smallest absolute Gasteiger partial charge is 0.264 e. The van der Waals surface area contributed by atoms with Gasteiger partial charge in [-0.15, -0.1) is 0 Å². The predicted octanol–water partition coefficient (Wildman–Crippen LogP) is 5.10. The van der Waals surface area contributed by atoms with E-state index in [1.807, 2.05) is 32.9 Å². The molecule has 0 atom stereocenters. The molecule has 0 aliphatic rings. The van der Waals surface area contributed by atoms with Gasteiger partial charge in [0.05, 0.1) is 10.6 Å². The Morgan fingerprint density at radius 1 is 0.900 bits per heavy atom. The van der Waals surface area contributed by atoms with Crippen LogP contribution < -0.4 is 9.62 Å². The van der Waals surface area contributed by atoms with E-state index in [1.165, 1.54) is 0 Å². The van der Waals surface area contributed by atoms with Gasteiger partial charge in [0.1, 0.15) is 6.54 Å². The van der Waals surface area contributed by atoms with Crippen molar-refractivity contribution in [2.75, 3.05) is 16.2 Å². The van der Waals surface area contributed by atoms with E-state index in [2.05, 4.69) is 5.32 Å². The molecule has 0 aliphatic heterocycles. The lowest BCUT2D eigenvalue weighted by Gasteiger charge is -2.26. The minimum Gasteiger partial charge on any atom is -0.325 e. The van der Waals surface area contributed by atoms with E-state index in [0.717, 1.165) is 21.0 Å². The van der Waals surface area contributed by atoms with E-state index >= 15 is 0 Å². The number of nitrogens with one attached hydrogen (secondary N) is 1. The topological polar surface area (TPSA) is 66.5 Å². The van der Waals surface area contributed by atoms with Crippen LogP contribution in [-0.2, 0) is 14.8 Å². The van der Waals surface area contributed by atoms with Crippen molar-refractivity contribution in [2.45, 2.75) is 25.7 Å². The highest BCUT2D eigenvalue weighted by molar-refractivity contribution is 7.92. The molecule has 0 radical (unpaired) electrons. The summed E-state index contributed by atoms with van der Waals surface area (Å²) in [7, 11) is -3.95. The average Bonchev–Trinajstić information content (AvgIpc) is 2.70. The molecule has 0 heterocycles. The number of anilines is 2. The zero-order chi connectivity index (χ0) is 21.9. The molecule has 0 bridgehead atoms. The van der Waals surface area contributed by atoms with Gasteiger partial charge in [-0.2, -0.15) is 0 Å². The molecule has 0 saturated heterocycles. The number of nitrogens with zero attached hydrogens (tertiary/aromatic N) is 1. The Kier molecular flexibility index (Phi) is 6.48. The first kappa shape index (κ1) is 21.9. The van der Waals surface area contributed by atoms with E-state index in [4.69, 9.17) is 11.6 Å². The summed E-state index contributed by atoms with van der Waals surface area (Å²) in [4.78, 5) is 12.9. The van der Waals surface area contributed by atoms with Crippen molar-refractivity contribution < 1.29 is 13.2 Å². The summed E-state index contributed by atoms with van der Waals surface area (Å²) in [5.74, 6) is -0.450. The molecule has 0 aliphatic carbocycles. The fraction of sp³-hybridized carbons (Fsp3) is 0.174. The van der Waals surface area contributed by atoms with Crippen molar-refractivity contribution in [1.29, 1.82) is 0 Å². The van der Waals surface area contributed by atoms with Crippen LogP contribution in [0.2, 0.25) is 5.02 Å². The van der Waals surface area contributed by atoms with Gasteiger partial charge in [0.2, 0.25) is 5.91 Å². The van der Waals surface area contributed by atoms with Crippen LogP contribution in [0.5, 0.6) is 0 Å². The Hall–Kier alpha value is -2.83. The standard InChI is InChI=1S/C23H23ClN2O3S/c1-16-5-12-21(13-6-16)30(28,29)26(22-14-17(2)4-7-18(22)3)15-23(27)25-20-10-8-19(24)9-11-20/h4-14H,15H2,1-3H3,(H,25,27). The minimum absolute atomic E-state index is 0.133. The third kappa shape index (κ3) is 5.01. The van der Waals surface area contributed by atoms with Gasteiger partial charge < -0.3 is 5.32 Å². The molecule has 156 valence electrons. The van der Waals surface area contributed by atoms with Gasteiger partial charge in [0.25, 0.3) is 10.0 Å². The number of carbonyl (C=O) groups excluding carboxylic acids is 1. The van der Waals surface area contributed by atoms with Crippen molar-refractivity contribution in [1.82, 2.24) is 0 Å². The van der Waals surface area contributed by atoms with Gasteiger partial charge in [0, 0.05) is 10.7 Å². The van der Waals surface area contributed by atoms with Crippen molar-refractivity contribution in [2.24, 2.45) is 0 Å². The highest BCUT2D eigenvalue weighted by atomic mass is 35.5. The van der Waals surface area contributed by atoms with E-state index in [-0.39, 0.29) is 11.4 Å². The Morgan fingerprint density at radius 2 is 1.50 bits per heavy atom. The van der Waals surface area contributed by atoms with Crippen molar-refractivity contribution in [3.8, 4) is 0 Å². The first-order chi connectivity index (χ1) is 14.2. The average molecular weight is 443 g/mol. The molecule has 5 nitrogen and oxygen atoms in total. The molecule has 3 aromatic carbocycles. The monoisotopic (exact) mass is 442 g/mol. The summed E-state index contributed by atoms with van der Waals surface area (Å²) in [6, 6.07) is 18.8. The van der Waals surface area contributed by atoms with Crippen LogP contribution in [0.1, 0.15) is 16.7 Å². The van der Waals surface area contributed by atoms with Crippen LogP contribution in [0.3, 0.4) is 0 Å². The largest absolute Gasteiger partial charge is 0.325 e. The molecular formula is C23H23ClN2O3S. The molecule has 0 aromatic heterocycles. The Bertz CT molecular complexity index is 1160. The summed E-state index contributed by atoms with van der Waals surface area (Å²) in [6.07, 6.45) is 0. The second-order valence-corrected chi connectivity index (χ2v) is 9.47. The van der Waals surface area contributed by atoms with E-state index in [1.54, 1.807) is 54.6 Å². The van der Waals surface area contributed by atoms with Crippen molar-refractivity contribution in [3.05, 3.63) is 88.4 Å². The summed E-state index contributed by atoms with van der Waals surface area (Å²) in [6.45, 7) is 5.23. The normalized spacial score (nSPS) is 11.2. The Balaban J connectivity index is 1.99. The summed E-state index contributed by atoms with van der Waals surface area (Å²) in [5.41, 5.74) is 3.63. The quantitative estimate of drug-likeness (QED) is 0.577. The Morgan fingerprint density at radius 3 is 2.13 bits per heavy atom. The SMILES string of the molecule is Cc1ccc(S(=O)(=O)N(CC(=O)Nc2ccc(Cl)cc2)c2cc(C)ccc2C)cc1. The van der Waals surface area contributed by atoms with Crippen LogP contribution in [0.4, 0.5) is 11.4 Å². The maximum atomic E-state index is 13.5. The first-order valence-electron chi connectivity index (χ1n) is 9.39. The molecule has 0 saturated carbocycles. The lowest BCUT2D eigenvalue weighted by atomic mass is 10.1. The zero-order valence-corrected chi connectivity index (χ0v) is 18.6. The van der Waals surface area contributed by atoms with Gasteiger partial charge in [-0.25, -0.2) is 8.42 Å². The van der Waals surface area contributed by atoms with Crippen LogP contribution in [0, 0.1) is 20.8 Å². The van der Waals surface area contributed by atoms with Crippen molar-refractivity contribution in [3.63, 3.8) is 0 Å². The summed E-state index contributed by atoms with van der Waals surface area (Å²) in [5, 5.41) is 3.28. The molecule has 0 fully saturated rings. The molecule has 0 spiro atoms. The minimum atomic E-state index is -3.95. The number of halogens is 1. The third-order valence-corrected chi connectivity index (χ3v) is 6.68. The van der Waals surface area contributed by atoms with Gasteiger partial charge in [-0.1, -0.05) is 41.4 Å². The summed E-state index contributed by atoms with van der Waals surface area (Å²) < 4.78 is 28.1. The molecule has 7 heteroatoms. The van der Waals surface area contributed by atoms with E-state index in [0.29, 0.717) is 16.4 Å². The molecule has 1 amide bonds. The molecule has 3 rings (SSSR count). The molecule has 3 aromatic rings. The van der Waals surface area contributed by atoms with Gasteiger partial charge in [0.15, 0.2) is 0 Å². The molecule has 1 N–H and O–H groups in total. The number of amides is 1. The van der Waals surface area contributed by atoms with Gasteiger partial charge >= 0.3 is 0 Å². The van der Waals surface area contributed by atoms with Crippen LogP contribution in [0.25, 0.3) is 0 Å². The highest BCUT2D eigenvalue weighted by Crippen LogP contribution is 2.28. The lowest BCUT2D eigenvalue weighted by molar-refractivity contribution is -0.114. The van der Waals surface area contributed by atoms with Crippen LogP contribution in [-0.4, -0.2) is 20.9 Å². The number of aryl methyl sites for hydroxylation is 3. The lowest BCUT2D eigenvalue weighted by Crippen LogP contribution is -2.38. The molecule has 0 unspecified atom stereocenters. The highest BCUT2D eigenvalue weighted by Gasteiger charge is 2.28. The van der Waals surface area contributed by atoms with Gasteiger partial charge in [-0.05, 0) is 74.4 Å². The fourth-order valence-corrected chi connectivity index (χ4v) is 4.59.